The Kier molecular flexibility index (Phi) is 3.13. The predicted octanol–water partition coefficient (Wildman–Crippen LogP) is 3.18. The van der Waals surface area contributed by atoms with Crippen LogP contribution in [0.1, 0.15) is 33.1 Å². The number of hydrogen-bond acceptors (Lipinski definition) is 2. The highest BCUT2D eigenvalue weighted by molar-refractivity contribution is 5.48. The summed E-state index contributed by atoms with van der Waals surface area (Å²) in [5, 5.41) is 13.0. The van der Waals surface area contributed by atoms with Crippen LogP contribution in [0.5, 0.6) is 0 Å². The van der Waals surface area contributed by atoms with Crippen LogP contribution < -0.4 is 5.32 Å². The lowest BCUT2D eigenvalue weighted by atomic mass is 9.75. The van der Waals surface area contributed by atoms with Crippen molar-refractivity contribution in [2.75, 3.05) is 11.9 Å². The quantitative estimate of drug-likeness (QED) is 0.846. The lowest BCUT2D eigenvalue weighted by Gasteiger charge is -2.41. The van der Waals surface area contributed by atoms with E-state index in [2.05, 4.69) is 19.2 Å². The number of anilines is 1. The molecule has 2 rings (SSSR count). The maximum absolute atomic E-state index is 13.7. The Labute approximate surface area is 102 Å². The van der Waals surface area contributed by atoms with Gasteiger partial charge in [-0.25, -0.2) is 4.39 Å². The molecule has 0 heterocycles. The number of benzene rings is 1. The van der Waals surface area contributed by atoms with Crippen molar-refractivity contribution in [1.29, 1.82) is 0 Å². The Morgan fingerprint density at radius 3 is 2.53 bits per heavy atom. The Hall–Kier alpha value is -1.09. The zero-order valence-electron chi connectivity index (χ0n) is 10.5. The number of hydrogen-bond donors (Lipinski definition) is 2. The third-order valence-electron chi connectivity index (χ3n) is 4.22. The van der Waals surface area contributed by atoms with Crippen molar-refractivity contribution in [1.82, 2.24) is 0 Å². The van der Waals surface area contributed by atoms with Gasteiger partial charge in [0.1, 0.15) is 5.82 Å². The smallest absolute Gasteiger partial charge is 0.146 e. The molecule has 0 amide bonds. The molecule has 1 aliphatic rings. The van der Waals surface area contributed by atoms with Crippen LogP contribution in [-0.4, -0.2) is 17.3 Å². The van der Waals surface area contributed by atoms with E-state index in [1.165, 1.54) is 6.07 Å². The molecule has 0 aromatic heterocycles. The third kappa shape index (κ3) is 2.04. The van der Waals surface area contributed by atoms with E-state index >= 15 is 0 Å². The second-order valence-corrected chi connectivity index (χ2v) is 5.58. The van der Waals surface area contributed by atoms with Gasteiger partial charge in [0.25, 0.3) is 0 Å². The van der Waals surface area contributed by atoms with Crippen molar-refractivity contribution in [2.45, 2.75) is 38.6 Å². The molecule has 1 aromatic rings. The average molecular weight is 237 g/mol. The van der Waals surface area contributed by atoms with Crippen molar-refractivity contribution in [3.63, 3.8) is 0 Å². The molecule has 1 fully saturated rings. The summed E-state index contributed by atoms with van der Waals surface area (Å²) in [5.41, 5.74) is 0.0516. The molecule has 1 aromatic carbocycles. The normalized spacial score (nSPS) is 27.1. The first-order valence-electron chi connectivity index (χ1n) is 6.14. The monoisotopic (exact) mass is 237 g/mol. The summed E-state index contributed by atoms with van der Waals surface area (Å²) >= 11 is 0. The van der Waals surface area contributed by atoms with Crippen LogP contribution in [0, 0.1) is 11.2 Å². The molecule has 2 N–H and O–H groups in total. The van der Waals surface area contributed by atoms with Crippen molar-refractivity contribution in [3.8, 4) is 0 Å². The first-order valence-corrected chi connectivity index (χ1v) is 6.14. The largest absolute Gasteiger partial charge is 0.394 e. The fourth-order valence-electron chi connectivity index (χ4n) is 2.79. The highest BCUT2D eigenvalue weighted by Gasteiger charge is 2.48. The van der Waals surface area contributed by atoms with E-state index in [4.69, 9.17) is 0 Å². The minimum Gasteiger partial charge on any atom is -0.394 e. The topological polar surface area (TPSA) is 32.3 Å². The van der Waals surface area contributed by atoms with Crippen molar-refractivity contribution in [2.24, 2.45) is 5.41 Å². The minimum absolute atomic E-state index is 0.0238. The van der Waals surface area contributed by atoms with Crippen LogP contribution in [-0.2, 0) is 0 Å². The maximum Gasteiger partial charge on any atom is 0.146 e. The van der Waals surface area contributed by atoms with E-state index in [0.29, 0.717) is 5.69 Å². The first-order chi connectivity index (χ1) is 8.01. The summed E-state index contributed by atoms with van der Waals surface area (Å²) in [4.78, 5) is 0. The standard InChI is InChI=1S/C14H20FNO/c1-13(2)8-5-9-14(13,10-17)16-12-7-4-3-6-11(12)15/h3-4,6-7,16-17H,5,8-10H2,1-2H3. The molecular formula is C14H20FNO. The van der Waals surface area contributed by atoms with E-state index in [1.54, 1.807) is 18.2 Å². The highest BCUT2D eigenvalue weighted by atomic mass is 19.1. The van der Waals surface area contributed by atoms with E-state index < -0.39 is 5.54 Å². The van der Waals surface area contributed by atoms with Gasteiger partial charge in [-0.2, -0.15) is 0 Å². The van der Waals surface area contributed by atoms with Gasteiger partial charge >= 0.3 is 0 Å². The number of aliphatic hydroxyl groups is 1. The van der Waals surface area contributed by atoms with Crippen LogP contribution in [0.4, 0.5) is 10.1 Å². The molecule has 1 unspecified atom stereocenters. The van der Waals surface area contributed by atoms with Gasteiger partial charge in [-0.3, -0.25) is 0 Å². The molecule has 17 heavy (non-hydrogen) atoms. The molecule has 0 aliphatic heterocycles. The summed E-state index contributed by atoms with van der Waals surface area (Å²) < 4.78 is 13.7. The number of para-hydroxylation sites is 1. The Morgan fingerprint density at radius 2 is 2.00 bits per heavy atom. The molecule has 2 nitrogen and oxygen atoms in total. The SMILES string of the molecule is CC1(C)CCCC1(CO)Nc1ccccc1F. The van der Waals surface area contributed by atoms with E-state index in [0.717, 1.165) is 19.3 Å². The predicted molar refractivity (Wildman–Crippen MR) is 67.5 cm³/mol. The molecule has 94 valence electrons. The summed E-state index contributed by atoms with van der Waals surface area (Å²) in [6.07, 6.45) is 2.99. The second kappa shape index (κ2) is 4.30. The van der Waals surface area contributed by atoms with Gasteiger partial charge in [0.15, 0.2) is 0 Å². The van der Waals surface area contributed by atoms with Gasteiger partial charge in [-0.1, -0.05) is 32.4 Å². The number of rotatable bonds is 3. The lowest BCUT2D eigenvalue weighted by Crippen LogP contribution is -2.50. The second-order valence-electron chi connectivity index (χ2n) is 5.58. The van der Waals surface area contributed by atoms with Crippen molar-refractivity contribution >= 4 is 5.69 Å². The lowest BCUT2D eigenvalue weighted by molar-refractivity contribution is 0.127. The zero-order valence-corrected chi connectivity index (χ0v) is 10.5. The third-order valence-corrected chi connectivity index (χ3v) is 4.22. The van der Waals surface area contributed by atoms with Crippen LogP contribution in [0.25, 0.3) is 0 Å². The number of nitrogens with one attached hydrogen (secondary N) is 1. The molecule has 0 bridgehead atoms. The average Bonchev–Trinajstić information content (AvgIpc) is 2.58. The molecule has 1 saturated carbocycles. The summed E-state index contributed by atoms with van der Waals surface area (Å²) in [6, 6.07) is 6.64. The summed E-state index contributed by atoms with van der Waals surface area (Å²) in [5.74, 6) is -0.261. The maximum atomic E-state index is 13.7. The van der Waals surface area contributed by atoms with E-state index in [1.807, 2.05) is 0 Å². The van der Waals surface area contributed by atoms with Gasteiger partial charge in [0, 0.05) is 0 Å². The molecule has 0 saturated heterocycles. The van der Waals surface area contributed by atoms with Crippen molar-refractivity contribution in [3.05, 3.63) is 30.1 Å². The minimum atomic E-state index is -0.408. The van der Waals surface area contributed by atoms with Gasteiger partial charge in [-0.05, 0) is 30.4 Å². The van der Waals surface area contributed by atoms with Crippen LogP contribution in [0.2, 0.25) is 0 Å². The fraction of sp³-hybridized carbons (Fsp3) is 0.571. The highest BCUT2D eigenvalue weighted by Crippen LogP contribution is 2.47. The van der Waals surface area contributed by atoms with Gasteiger partial charge in [0.2, 0.25) is 0 Å². The zero-order chi connectivity index (χ0) is 12.5. The van der Waals surface area contributed by atoms with Crippen molar-refractivity contribution < 1.29 is 9.50 Å². The summed E-state index contributed by atoms with van der Waals surface area (Å²) in [7, 11) is 0. The molecule has 1 aliphatic carbocycles. The Morgan fingerprint density at radius 1 is 1.29 bits per heavy atom. The first kappa shape index (κ1) is 12.4. The number of aliphatic hydroxyl groups excluding tert-OH is 1. The van der Waals surface area contributed by atoms with Gasteiger partial charge in [0.05, 0.1) is 17.8 Å². The van der Waals surface area contributed by atoms with Gasteiger partial charge < -0.3 is 10.4 Å². The molecule has 3 heteroatoms. The molecular weight excluding hydrogens is 217 g/mol. The van der Waals surface area contributed by atoms with Crippen LogP contribution >= 0.6 is 0 Å². The molecule has 0 spiro atoms. The van der Waals surface area contributed by atoms with Crippen LogP contribution in [0.15, 0.2) is 24.3 Å². The van der Waals surface area contributed by atoms with E-state index in [-0.39, 0.29) is 17.8 Å². The van der Waals surface area contributed by atoms with Crippen LogP contribution in [0.3, 0.4) is 0 Å². The molecule has 0 radical (unpaired) electrons. The Bertz CT molecular complexity index is 405. The molecule has 1 atom stereocenters. The fourth-order valence-corrected chi connectivity index (χ4v) is 2.79. The number of halogens is 1. The Balaban J connectivity index is 2.30. The van der Waals surface area contributed by atoms with E-state index in [9.17, 15) is 9.50 Å². The van der Waals surface area contributed by atoms with Gasteiger partial charge in [-0.15, -0.1) is 0 Å². The summed E-state index contributed by atoms with van der Waals surface area (Å²) in [6.45, 7) is 4.29.